The Morgan fingerprint density at radius 2 is 1.97 bits per heavy atom. The molecule has 1 saturated carbocycles. The minimum Gasteiger partial charge on any atom is -0.481 e. The number of aryl methyl sites for hydroxylation is 2. The lowest BCUT2D eigenvalue weighted by atomic mass is 9.90. The molecule has 182 valence electrons. The maximum absolute atomic E-state index is 13.4. The predicted molar refractivity (Wildman–Crippen MR) is 136 cm³/mol. The number of ether oxygens (including phenoxy) is 1. The van der Waals surface area contributed by atoms with Crippen LogP contribution in [0, 0.1) is 6.92 Å². The van der Waals surface area contributed by atoms with E-state index in [1.165, 1.54) is 5.56 Å². The Kier molecular flexibility index (Phi) is 7.88. The van der Waals surface area contributed by atoms with Crippen molar-refractivity contribution < 1.29 is 14.6 Å². The van der Waals surface area contributed by atoms with Gasteiger partial charge in [-0.2, -0.15) is 0 Å². The van der Waals surface area contributed by atoms with Gasteiger partial charge in [0.05, 0.1) is 13.2 Å². The minimum atomic E-state index is -0.182. The van der Waals surface area contributed by atoms with Gasteiger partial charge in [0.15, 0.2) is 0 Å². The number of fused-ring (bicyclic) bond motifs is 2. The standard InChI is InChI=1S/C28H37N3O3/c1-4-31(21-13-15-22(32)16-14-21)26-12-8-11-24-23(26)10-7-5-6-9-20-17-19(2)30-28(34-3)25(20)18-29-27(24)33/h5,7-8,11-12,17,21-22,32H,4,6,9-10,13-16,18H2,1-3H3,(H,29,33)/b7-5-. The third-order valence-electron chi connectivity index (χ3n) is 7.15. The first-order valence-electron chi connectivity index (χ1n) is 12.5. The molecule has 0 bridgehead atoms. The van der Waals surface area contributed by atoms with Crippen molar-refractivity contribution in [3.05, 3.63) is 64.4 Å². The molecule has 6 heteroatoms. The first kappa shape index (κ1) is 24.3. The van der Waals surface area contributed by atoms with E-state index in [4.69, 9.17) is 4.74 Å². The summed E-state index contributed by atoms with van der Waals surface area (Å²) in [5.41, 5.74) is 5.96. The summed E-state index contributed by atoms with van der Waals surface area (Å²) in [4.78, 5) is 20.4. The van der Waals surface area contributed by atoms with E-state index in [-0.39, 0.29) is 12.0 Å². The number of carbonyl (C=O) groups is 1. The molecule has 2 aliphatic rings. The quantitative estimate of drug-likeness (QED) is 0.653. The molecule has 0 saturated heterocycles. The number of allylic oxidation sites excluding steroid dienone is 2. The Bertz CT molecular complexity index is 1040. The maximum Gasteiger partial charge on any atom is 0.251 e. The van der Waals surface area contributed by atoms with Crippen LogP contribution in [0.1, 0.15) is 71.8 Å². The van der Waals surface area contributed by atoms with Gasteiger partial charge in [-0.05, 0) is 88.1 Å². The van der Waals surface area contributed by atoms with Gasteiger partial charge >= 0.3 is 0 Å². The number of amides is 1. The molecule has 1 aromatic heterocycles. The van der Waals surface area contributed by atoms with Gasteiger partial charge in [0.1, 0.15) is 0 Å². The topological polar surface area (TPSA) is 74.7 Å². The van der Waals surface area contributed by atoms with Crippen molar-refractivity contribution in [3.8, 4) is 5.88 Å². The molecule has 2 aromatic rings. The van der Waals surface area contributed by atoms with E-state index in [0.717, 1.165) is 79.6 Å². The Labute approximate surface area is 203 Å². The zero-order valence-corrected chi connectivity index (χ0v) is 20.6. The summed E-state index contributed by atoms with van der Waals surface area (Å²) in [6.45, 7) is 5.40. The number of aromatic nitrogens is 1. The van der Waals surface area contributed by atoms with E-state index in [1.807, 2.05) is 19.1 Å². The van der Waals surface area contributed by atoms with E-state index >= 15 is 0 Å². The zero-order valence-electron chi connectivity index (χ0n) is 20.6. The fourth-order valence-corrected chi connectivity index (χ4v) is 5.41. The van der Waals surface area contributed by atoms with Gasteiger partial charge in [-0.25, -0.2) is 4.98 Å². The SMILES string of the molecule is CCN(c1cccc2c1C/C=C\CCc1cc(C)nc(OC)c1CNC2=O)C1CCC(O)CC1. The number of rotatable bonds is 4. The van der Waals surface area contributed by atoms with Gasteiger partial charge in [-0.1, -0.05) is 18.2 Å². The highest BCUT2D eigenvalue weighted by molar-refractivity contribution is 5.97. The molecule has 0 unspecified atom stereocenters. The molecule has 0 atom stereocenters. The van der Waals surface area contributed by atoms with Crippen molar-refractivity contribution >= 4 is 11.6 Å². The van der Waals surface area contributed by atoms with Crippen LogP contribution in [0.25, 0.3) is 0 Å². The third-order valence-corrected chi connectivity index (χ3v) is 7.15. The Balaban J connectivity index is 1.68. The number of hydrogen-bond acceptors (Lipinski definition) is 5. The second-order valence-corrected chi connectivity index (χ2v) is 9.36. The second-order valence-electron chi connectivity index (χ2n) is 9.36. The molecular formula is C28H37N3O3. The number of pyridine rings is 1. The molecule has 1 amide bonds. The summed E-state index contributed by atoms with van der Waals surface area (Å²) in [5, 5.41) is 13.1. The van der Waals surface area contributed by atoms with E-state index in [1.54, 1.807) is 7.11 Å². The largest absolute Gasteiger partial charge is 0.481 e. The van der Waals surface area contributed by atoms with E-state index < -0.39 is 0 Å². The lowest BCUT2D eigenvalue weighted by molar-refractivity contribution is 0.0949. The van der Waals surface area contributed by atoms with Crippen molar-refractivity contribution in [1.82, 2.24) is 10.3 Å². The molecular weight excluding hydrogens is 426 g/mol. The number of methoxy groups -OCH3 is 1. The average molecular weight is 464 g/mol. The summed E-state index contributed by atoms with van der Waals surface area (Å²) in [5.74, 6) is 0.511. The number of nitrogens with one attached hydrogen (secondary N) is 1. The number of carbonyl (C=O) groups excluding carboxylic acids is 1. The number of aliphatic hydroxyl groups is 1. The smallest absolute Gasteiger partial charge is 0.251 e. The van der Waals surface area contributed by atoms with Crippen LogP contribution < -0.4 is 15.0 Å². The second kappa shape index (κ2) is 11.0. The van der Waals surface area contributed by atoms with E-state index in [9.17, 15) is 9.90 Å². The fraction of sp³-hybridized carbons (Fsp3) is 0.500. The van der Waals surface area contributed by atoms with E-state index in [2.05, 4.69) is 46.4 Å². The summed E-state index contributed by atoms with van der Waals surface area (Å²) >= 11 is 0. The molecule has 4 rings (SSSR count). The highest BCUT2D eigenvalue weighted by atomic mass is 16.5. The Morgan fingerprint density at radius 3 is 2.71 bits per heavy atom. The van der Waals surface area contributed by atoms with Crippen molar-refractivity contribution in [2.24, 2.45) is 0 Å². The van der Waals surface area contributed by atoms with Crippen molar-refractivity contribution in [1.29, 1.82) is 0 Å². The highest BCUT2D eigenvalue weighted by Gasteiger charge is 2.27. The average Bonchev–Trinajstić information content (AvgIpc) is 2.84. The highest BCUT2D eigenvalue weighted by Crippen LogP contribution is 2.32. The van der Waals surface area contributed by atoms with Gasteiger partial charge in [0.25, 0.3) is 5.91 Å². The molecule has 2 heterocycles. The summed E-state index contributed by atoms with van der Waals surface area (Å²) in [6.07, 6.45) is 10.4. The van der Waals surface area contributed by atoms with E-state index in [0.29, 0.717) is 18.5 Å². The van der Waals surface area contributed by atoms with Gasteiger partial charge in [-0.3, -0.25) is 4.79 Å². The van der Waals surface area contributed by atoms with Crippen LogP contribution in [0.4, 0.5) is 5.69 Å². The van der Waals surface area contributed by atoms with Crippen LogP contribution in [0.2, 0.25) is 0 Å². The molecule has 1 aliphatic heterocycles. The summed E-state index contributed by atoms with van der Waals surface area (Å²) < 4.78 is 5.56. The van der Waals surface area contributed by atoms with Crippen LogP contribution >= 0.6 is 0 Å². The molecule has 1 aromatic carbocycles. The number of hydrogen-bond donors (Lipinski definition) is 2. The molecule has 6 nitrogen and oxygen atoms in total. The zero-order chi connectivity index (χ0) is 24.1. The first-order valence-corrected chi connectivity index (χ1v) is 12.5. The molecule has 0 spiro atoms. The van der Waals surface area contributed by atoms with Crippen molar-refractivity contribution in [2.45, 2.75) is 77.5 Å². The molecule has 0 radical (unpaired) electrons. The number of aliphatic hydroxyl groups excluding tert-OH is 1. The summed E-state index contributed by atoms with van der Waals surface area (Å²) in [6, 6.07) is 8.54. The minimum absolute atomic E-state index is 0.0745. The van der Waals surface area contributed by atoms with Crippen molar-refractivity contribution in [3.63, 3.8) is 0 Å². The summed E-state index contributed by atoms with van der Waals surface area (Å²) in [7, 11) is 1.63. The maximum atomic E-state index is 13.4. The normalized spacial score (nSPS) is 21.8. The van der Waals surface area contributed by atoms with Crippen LogP contribution in [-0.4, -0.2) is 41.8 Å². The molecule has 1 fully saturated rings. The number of nitrogens with zero attached hydrogens (tertiary/aromatic N) is 2. The molecule has 2 N–H and O–H groups in total. The molecule has 34 heavy (non-hydrogen) atoms. The van der Waals surface area contributed by atoms with Crippen LogP contribution in [0.3, 0.4) is 0 Å². The molecule has 1 aliphatic carbocycles. The number of benzene rings is 1. The van der Waals surface area contributed by atoms with Gasteiger partial charge in [-0.15, -0.1) is 0 Å². The van der Waals surface area contributed by atoms with Gasteiger partial charge in [0.2, 0.25) is 5.88 Å². The first-order chi connectivity index (χ1) is 16.5. The van der Waals surface area contributed by atoms with Gasteiger partial charge in [0, 0.05) is 41.6 Å². The fourth-order valence-electron chi connectivity index (χ4n) is 5.41. The van der Waals surface area contributed by atoms with Crippen molar-refractivity contribution in [2.75, 3.05) is 18.6 Å². The lowest BCUT2D eigenvalue weighted by Crippen LogP contribution is -2.40. The Hall–Kier alpha value is -2.86. The monoisotopic (exact) mass is 463 g/mol. The Morgan fingerprint density at radius 1 is 1.18 bits per heavy atom. The van der Waals surface area contributed by atoms with Gasteiger partial charge < -0.3 is 20.1 Å². The number of anilines is 1. The van der Waals surface area contributed by atoms with Crippen LogP contribution in [0.15, 0.2) is 36.4 Å². The lowest BCUT2D eigenvalue weighted by Gasteiger charge is -2.38. The predicted octanol–water partition coefficient (Wildman–Crippen LogP) is 4.50. The van der Waals surface area contributed by atoms with Crippen LogP contribution in [0.5, 0.6) is 5.88 Å². The third kappa shape index (κ3) is 5.27. The van der Waals surface area contributed by atoms with Crippen LogP contribution in [-0.2, 0) is 19.4 Å².